The molecular formula is C13H8F4N2S. The highest BCUT2D eigenvalue weighted by atomic mass is 32.1. The fourth-order valence-corrected chi connectivity index (χ4v) is 1.69. The molecular weight excluding hydrogens is 292 g/mol. The van der Waals surface area contributed by atoms with Crippen molar-refractivity contribution >= 4 is 28.6 Å². The highest BCUT2D eigenvalue weighted by Gasteiger charge is 2.16. The average Bonchev–Trinajstić information content (AvgIpc) is 2.36. The highest BCUT2D eigenvalue weighted by Crippen LogP contribution is 2.28. The number of anilines is 2. The number of nitrogens with one attached hydrogen (secondary N) is 1. The van der Waals surface area contributed by atoms with Crippen molar-refractivity contribution in [2.45, 2.75) is 0 Å². The van der Waals surface area contributed by atoms with E-state index in [-0.39, 0.29) is 10.6 Å². The molecule has 3 N–H and O–H groups in total. The van der Waals surface area contributed by atoms with Gasteiger partial charge in [0.2, 0.25) is 0 Å². The van der Waals surface area contributed by atoms with Gasteiger partial charge in [-0.15, -0.1) is 0 Å². The summed E-state index contributed by atoms with van der Waals surface area (Å²) in [6.45, 7) is 0. The van der Waals surface area contributed by atoms with Crippen LogP contribution in [0.25, 0.3) is 0 Å². The second kappa shape index (κ2) is 5.46. The van der Waals surface area contributed by atoms with E-state index in [4.69, 9.17) is 5.73 Å². The molecule has 0 unspecified atom stereocenters. The van der Waals surface area contributed by atoms with E-state index in [2.05, 4.69) is 17.5 Å². The molecule has 0 aliphatic heterocycles. The predicted octanol–water partition coefficient (Wildman–Crippen LogP) is 3.62. The van der Waals surface area contributed by atoms with Gasteiger partial charge < -0.3 is 11.1 Å². The van der Waals surface area contributed by atoms with Gasteiger partial charge >= 0.3 is 0 Å². The zero-order valence-electron chi connectivity index (χ0n) is 9.88. The minimum Gasteiger partial charge on any atom is -0.389 e. The van der Waals surface area contributed by atoms with Gasteiger partial charge in [0.1, 0.15) is 39.6 Å². The zero-order chi connectivity index (χ0) is 14.9. The van der Waals surface area contributed by atoms with E-state index in [1.165, 1.54) is 0 Å². The van der Waals surface area contributed by atoms with Gasteiger partial charge in [-0.1, -0.05) is 18.3 Å². The number of nitrogens with two attached hydrogens (primary N) is 1. The Morgan fingerprint density at radius 3 is 1.80 bits per heavy atom. The smallest absolute Gasteiger partial charge is 0.150 e. The maximum absolute atomic E-state index is 13.8. The first-order chi connectivity index (χ1) is 9.40. The molecule has 2 aromatic carbocycles. The molecule has 0 bridgehead atoms. The topological polar surface area (TPSA) is 38.0 Å². The van der Waals surface area contributed by atoms with Crippen LogP contribution >= 0.6 is 12.2 Å². The number of hydrogen-bond donors (Lipinski definition) is 2. The summed E-state index contributed by atoms with van der Waals surface area (Å²) in [7, 11) is 0. The zero-order valence-corrected chi connectivity index (χ0v) is 10.7. The van der Waals surface area contributed by atoms with E-state index < -0.39 is 34.6 Å². The second-order valence-electron chi connectivity index (χ2n) is 3.90. The van der Waals surface area contributed by atoms with Gasteiger partial charge in [-0.2, -0.15) is 0 Å². The maximum Gasteiger partial charge on any atom is 0.150 e. The summed E-state index contributed by atoms with van der Waals surface area (Å²) in [5, 5.41) is 2.06. The van der Waals surface area contributed by atoms with Gasteiger partial charge in [0, 0.05) is 5.56 Å². The van der Waals surface area contributed by atoms with Crippen LogP contribution < -0.4 is 11.1 Å². The third kappa shape index (κ3) is 2.72. The lowest BCUT2D eigenvalue weighted by Gasteiger charge is -2.11. The van der Waals surface area contributed by atoms with Crippen LogP contribution in [-0.2, 0) is 0 Å². The van der Waals surface area contributed by atoms with Crippen LogP contribution in [0.2, 0.25) is 0 Å². The molecule has 20 heavy (non-hydrogen) atoms. The Morgan fingerprint density at radius 1 is 0.900 bits per heavy atom. The molecule has 0 fully saturated rings. The molecule has 0 heterocycles. The van der Waals surface area contributed by atoms with Crippen molar-refractivity contribution in [3.8, 4) is 0 Å². The normalized spacial score (nSPS) is 10.4. The van der Waals surface area contributed by atoms with Crippen LogP contribution in [0.4, 0.5) is 28.9 Å². The van der Waals surface area contributed by atoms with Gasteiger partial charge in [-0.3, -0.25) is 0 Å². The Kier molecular flexibility index (Phi) is 3.89. The minimum absolute atomic E-state index is 0.0189. The molecule has 0 radical (unpaired) electrons. The molecule has 2 rings (SSSR count). The van der Waals surface area contributed by atoms with Crippen molar-refractivity contribution in [2.75, 3.05) is 5.32 Å². The molecule has 0 aliphatic rings. The quantitative estimate of drug-likeness (QED) is 0.671. The van der Waals surface area contributed by atoms with Crippen molar-refractivity contribution in [3.05, 3.63) is 59.2 Å². The van der Waals surface area contributed by atoms with Crippen LogP contribution in [0.1, 0.15) is 5.56 Å². The summed E-state index contributed by atoms with van der Waals surface area (Å²) in [6, 6.07) is 4.83. The summed E-state index contributed by atoms with van der Waals surface area (Å²) < 4.78 is 54.4. The number of rotatable bonds is 3. The minimum atomic E-state index is -1.06. The SMILES string of the molecule is NC(=S)c1cc(F)c(Nc2c(F)cccc2F)c(F)c1. The summed E-state index contributed by atoms with van der Waals surface area (Å²) in [5.41, 5.74) is 3.91. The van der Waals surface area contributed by atoms with E-state index in [9.17, 15) is 17.6 Å². The third-order valence-corrected chi connectivity index (χ3v) is 2.78. The van der Waals surface area contributed by atoms with Crippen LogP contribution in [0.5, 0.6) is 0 Å². The average molecular weight is 300 g/mol. The second-order valence-corrected chi connectivity index (χ2v) is 4.34. The molecule has 0 spiro atoms. The van der Waals surface area contributed by atoms with Crippen molar-refractivity contribution < 1.29 is 17.6 Å². The molecule has 104 valence electrons. The van der Waals surface area contributed by atoms with E-state index in [1.807, 2.05) is 0 Å². The maximum atomic E-state index is 13.8. The Bertz CT molecular complexity index is 645. The van der Waals surface area contributed by atoms with Crippen molar-refractivity contribution in [1.82, 2.24) is 0 Å². The Labute approximate surface area is 117 Å². The number of para-hydroxylation sites is 1. The van der Waals surface area contributed by atoms with Crippen molar-refractivity contribution in [1.29, 1.82) is 0 Å². The van der Waals surface area contributed by atoms with Gasteiger partial charge in [0.15, 0.2) is 0 Å². The van der Waals surface area contributed by atoms with Gasteiger partial charge in [0.25, 0.3) is 0 Å². The monoisotopic (exact) mass is 300 g/mol. The Hall–Kier alpha value is -2.15. The van der Waals surface area contributed by atoms with E-state index in [0.29, 0.717) is 0 Å². The van der Waals surface area contributed by atoms with Crippen LogP contribution in [0.3, 0.4) is 0 Å². The lowest BCUT2D eigenvalue weighted by atomic mass is 10.1. The lowest BCUT2D eigenvalue weighted by Crippen LogP contribution is -2.11. The Balaban J connectivity index is 2.47. The first kappa shape index (κ1) is 14.3. The first-order valence-electron chi connectivity index (χ1n) is 5.40. The molecule has 0 atom stereocenters. The van der Waals surface area contributed by atoms with E-state index >= 15 is 0 Å². The molecule has 7 heteroatoms. The van der Waals surface area contributed by atoms with E-state index in [0.717, 1.165) is 30.3 Å². The summed E-state index contributed by atoms with van der Waals surface area (Å²) in [5.74, 6) is -4.06. The fraction of sp³-hybridized carbons (Fsp3) is 0. The van der Waals surface area contributed by atoms with E-state index in [1.54, 1.807) is 0 Å². The van der Waals surface area contributed by atoms with Gasteiger partial charge in [-0.05, 0) is 24.3 Å². The number of thiocarbonyl (C=S) groups is 1. The Morgan fingerprint density at radius 2 is 1.35 bits per heavy atom. The fourth-order valence-electron chi connectivity index (χ4n) is 1.58. The molecule has 0 saturated heterocycles. The summed E-state index contributed by atoms with van der Waals surface area (Å²) in [6.07, 6.45) is 0. The van der Waals surface area contributed by atoms with Gasteiger partial charge in [-0.25, -0.2) is 17.6 Å². The molecule has 0 aliphatic carbocycles. The van der Waals surface area contributed by atoms with Crippen LogP contribution in [0, 0.1) is 23.3 Å². The summed E-state index contributed by atoms with van der Waals surface area (Å²) in [4.78, 5) is -0.188. The molecule has 0 saturated carbocycles. The van der Waals surface area contributed by atoms with Crippen molar-refractivity contribution in [3.63, 3.8) is 0 Å². The number of benzene rings is 2. The van der Waals surface area contributed by atoms with Crippen LogP contribution in [0.15, 0.2) is 30.3 Å². The molecule has 0 amide bonds. The molecule has 2 aromatic rings. The molecule has 2 nitrogen and oxygen atoms in total. The summed E-state index contributed by atoms with van der Waals surface area (Å²) >= 11 is 4.60. The standard InChI is InChI=1S/C13H8F4N2S/c14-7-2-1-3-8(15)11(7)19-12-9(16)4-6(13(18)20)5-10(12)17/h1-5,19H,(H2,18,20). The highest BCUT2D eigenvalue weighted by molar-refractivity contribution is 7.80. The third-order valence-electron chi connectivity index (χ3n) is 2.54. The lowest BCUT2D eigenvalue weighted by molar-refractivity contribution is 0.580. The van der Waals surface area contributed by atoms with Crippen LogP contribution in [-0.4, -0.2) is 4.99 Å². The number of halogens is 4. The number of hydrogen-bond acceptors (Lipinski definition) is 2. The predicted molar refractivity (Wildman–Crippen MR) is 71.9 cm³/mol. The largest absolute Gasteiger partial charge is 0.389 e. The first-order valence-corrected chi connectivity index (χ1v) is 5.81. The molecule has 0 aromatic heterocycles. The van der Waals surface area contributed by atoms with Crippen molar-refractivity contribution in [2.24, 2.45) is 5.73 Å². The van der Waals surface area contributed by atoms with Gasteiger partial charge in [0.05, 0.1) is 0 Å².